The molecule has 0 atom stereocenters. The first-order chi connectivity index (χ1) is 10.2. The first-order valence-corrected chi connectivity index (χ1v) is 6.51. The van der Waals surface area contributed by atoms with Crippen LogP contribution in [0.25, 0.3) is 0 Å². The molecule has 0 aliphatic heterocycles. The third-order valence-electron chi connectivity index (χ3n) is 2.47. The fourth-order valence-electron chi connectivity index (χ4n) is 1.58. The molecule has 0 aliphatic carbocycles. The van der Waals surface area contributed by atoms with Gasteiger partial charge in [-0.2, -0.15) is 0 Å². The summed E-state index contributed by atoms with van der Waals surface area (Å²) in [5.74, 6) is -2.21. The highest BCUT2D eigenvalue weighted by Gasteiger charge is 2.23. The summed E-state index contributed by atoms with van der Waals surface area (Å²) in [4.78, 5) is 35.4. The predicted molar refractivity (Wildman–Crippen MR) is 80.5 cm³/mol. The van der Waals surface area contributed by atoms with Crippen LogP contribution in [0, 0.1) is 0 Å². The largest absolute Gasteiger partial charge is 0.455 e. The van der Waals surface area contributed by atoms with Crippen molar-refractivity contribution in [1.29, 1.82) is 0 Å². The topological polar surface area (TPSA) is 125 Å². The van der Waals surface area contributed by atoms with Gasteiger partial charge in [0, 0.05) is 6.20 Å². The maximum absolute atomic E-state index is 12.2. The molecule has 1 rings (SSSR count). The van der Waals surface area contributed by atoms with Crippen LogP contribution in [-0.4, -0.2) is 23.4 Å². The normalized spacial score (nSPS) is 11.7. The highest BCUT2D eigenvalue weighted by molar-refractivity contribution is 6.08. The minimum atomic E-state index is -0.778. The van der Waals surface area contributed by atoms with Crippen LogP contribution in [0.2, 0.25) is 0 Å². The van der Waals surface area contributed by atoms with Crippen molar-refractivity contribution >= 4 is 17.8 Å². The van der Waals surface area contributed by atoms with Gasteiger partial charge >= 0.3 is 5.97 Å². The number of rotatable bonds is 4. The van der Waals surface area contributed by atoms with E-state index in [4.69, 9.17) is 16.2 Å². The Hall–Kier alpha value is -2.83. The number of esters is 1. The van der Waals surface area contributed by atoms with Crippen molar-refractivity contribution in [1.82, 2.24) is 5.32 Å². The molecule has 0 bridgehead atoms. The molecule has 0 heterocycles. The molecule has 118 valence electrons. The Kier molecular flexibility index (Phi) is 5.28. The molecule has 7 heteroatoms. The molecule has 0 aromatic heterocycles. The van der Waals surface area contributed by atoms with Gasteiger partial charge in [0.05, 0.1) is 11.1 Å². The van der Waals surface area contributed by atoms with Gasteiger partial charge in [-0.05, 0) is 32.9 Å². The predicted octanol–water partition coefficient (Wildman–Crippen LogP) is 0.657. The van der Waals surface area contributed by atoms with Crippen molar-refractivity contribution in [3.8, 4) is 0 Å². The molecule has 0 unspecified atom stereocenters. The molecular weight excluding hydrogens is 286 g/mol. The van der Waals surface area contributed by atoms with E-state index < -0.39 is 23.4 Å². The third kappa shape index (κ3) is 4.62. The summed E-state index contributed by atoms with van der Waals surface area (Å²) in [7, 11) is 0. The Balaban J connectivity index is 2.96. The maximum Gasteiger partial charge on any atom is 0.356 e. The lowest BCUT2D eigenvalue weighted by Crippen LogP contribution is -2.34. The second-order valence-corrected chi connectivity index (χ2v) is 5.45. The summed E-state index contributed by atoms with van der Waals surface area (Å²) in [6, 6.07) is 5.97. The number of carbonyl (C=O) groups excluding carboxylic acids is 3. The Morgan fingerprint density at radius 2 is 1.68 bits per heavy atom. The number of hydrogen-bond acceptors (Lipinski definition) is 5. The van der Waals surface area contributed by atoms with Gasteiger partial charge in [-0.25, -0.2) is 4.79 Å². The van der Waals surface area contributed by atoms with E-state index in [0.29, 0.717) is 0 Å². The molecule has 0 saturated heterocycles. The first-order valence-electron chi connectivity index (χ1n) is 6.51. The average molecular weight is 305 g/mol. The zero-order valence-electron chi connectivity index (χ0n) is 12.7. The number of hydrogen-bond donors (Lipinski definition) is 3. The van der Waals surface area contributed by atoms with Gasteiger partial charge in [0.15, 0.2) is 0 Å². The van der Waals surface area contributed by atoms with E-state index in [0.717, 1.165) is 6.20 Å². The van der Waals surface area contributed by atoms with Gasteiger partial charge in [-0.1, -0.05) is 12.1 Å². The second-order valence-electron chi connectivity index (χ2n) is 5.45. The lowest BCUT2D eigenvalue weighted by Gasteiger charge is -2.20. The van der Waals surface area contributed by atoms with E-state index in [1.54, 1.807) is 32.9 Å². The van der Waals surface area contributed by atoms with E-state index in [1.165, 1.54) is 12.1 Å². The number of nitrogens with one attached hydrogen (secondary N) is 1. The molecule has 22 heavy (non-hydrogen) atoms. The van der Waals surface area contributed by atoms with Gasteiger partial charge in [0.2, 0.25) is 5.91 Å². The minimum Gasteiger partial charge on any atom is -0.455 e. The van der Waals surface area contributed by atoms with E-state index in [1.807, 2.05) is 0 Å². The Labute approximate surface area is 128 Å². The standard InChI is InChI=1S/C15H19N3O4/c1-15(2,3)22-14(21)11(8-16)18-13(20)10-7-5-4-6-9(10)12(17)19/h4-8H,16H2,1-3H3,(H2,17,19)(H,18,20). The van der Waals surface area contributed by atoms with Crippen LogP contribution in [0.4, 0.5) is 0 Å². The van der Waals surface area contributed by atoms with E-state index in [9.17, 15) is 14.4 Å². The van der Waals surface area contributed by atoms with Crippen LogP contribution >= 0.6 is 0 Å². The maximum atomic E-state index is 12.2. The summed E-state index contributed by atoms with van der Waals surface area (Å²) < 4.78 is 5.11. The van der Waals surface area contributed by atoms with Crippen molar-refractivity contribution in [3.05, 3.63) is 47.3 Å². The first kappa shape index (κ1) is 17.2. The molecule has 2 amide bonds. The Morgan fingerprint density at radius 3 is 2.14 bits per heavy atom. The zero-order valence-corrected chi connectivity index (χ0v) is 12.7. The van der Waals surface area contributed by atoms with Crippen LogP contribution in [0.15, 0.2) is 36.2 Å². The summed E-state index contributed by atoms with van der Waals surface area (Å²) >= 11 is 0. The van der Waals surface area contributed by atoms with E-state index in [2.05, 4.69) is 5.32 Å². The fourth-order valence-corrected chi connectivity index (χ4v) is 1.58. The number of primary amides is 1. The van der Waals surface area contributed by atoms with Gasteiger partial charge in [-0.15, -0.1) is 0 Å². The summed E-state index contributed by atoms with van der Waals surface area (Å²) in [6.07, 6.45) is 0.929. The zero-order chi connectivity index (χ0) is 16.9. The number of carbonyl (C=O) groups is 3. The lowest BCUT2D eigenvalue weighted by atomic mass is 10.1. The summed E-state index contributed by atoms with van der Waals surface area (Å²) in [6.45, 7) is 5.05. The SMILES string of the molecule is CC(C)(C)OC(=O)C(=CN)NC(=O)c1ccccc1C(N)=O. The van der Waals surface area contributed by atoms with Crippen molar-refractivity contribution in [2.45, 2.75) is 26.4 Å². The molecule has 1 aromatic rings. The van der Waals surface area contributed by atoms with Gasteiger partial charge in [-0.3, -0.25) is 9.59 Å². The highest BCUT2D eigenvalue weighted by atomic mass is 16.6. The molecule has 5 N–H and O–H groups in total. The van der Waals surface area contributed by atoms with Crippen molar-refractivity contribution in [2.75, 3.05) is 0 Å². The number of amides is 2. The van der Waals surface area contributed by atoms with Crippen LogP contribution in [0.5, 0.6) is 0 Å². The van der Waals surface area contributed by atoms with Crippen LogP contribution in [0.3, 0.4) is 0 Å². The van der Waals surface area contributed by atoms with Gasteiger partial charge in [0.25, 0.3) is 5.91 Å². The molecule has 7 nitrogen and oxygen atoms in total. The van der Waals surface area contributed by atoms with Gasteiger partial charge in [0.1, 0.15) is 11.3 Å². The molecule has 0 spiro atoms. The van der Waals surface area contributed by atoms with E-state index >= 15 is 0 Å². The molecule has 1 aromatic carbocycles. The molecular formula is C15H19N3O4. The van der Waals surface area contributed by atoms with Crippen LogP contribution in [-0.2, 0) is 9.53 Å². The van der Waals surface area contributed by atoms with Gasteiger partial charge < -0.3 is 21.5 Å². The summed E-state index contributed by atoms with van der Waals surface area (Å²) in [5, 5.41) is 2.32. The minimum absolute atomic E-state index is 0.0397. The second kappa shape index (κ2) is 6.75. The highest BCUT2D eigenvalue weighted by Crippen LogP contribution is 2.11. The monoisotopic (exact) mass is 305 g/mol. The quantitative estimate of drug-likeness (QED) is 0.556. The molecule has 0 saturated carbocycles. The third-order valence-corrected chi connectivity index (χ3v) is 2.47. The molecule has 0 aliphatic rings. The lowest BCUT2D eigenvalue weighted by molar-refractivity contribution is -0.150. The van der Waals surface area contributed by atoms with Crippen LogP contribution < -0.4 is 16.8 Å². The Bertz CT molecular complexity index is 630. The molecule has 0 fully saturated rings. The van der Waals surface area contributed by atoms with E-state index in [-0.39, 0.29) is 16.8 Å². The van der Waals surface area contributed by atoms with Crippen LogP contribution in [0.1, 0.15) is 41.5 Å². The number of benzene rings is 1. The summed E-state index contributed by atoms with van der Waals surface area (Å²) in [5.41, 5.74) is 9.68. The number of ether oxygens (including phenoxy) is 1. The fraction of sp³-hybridized carbons (Fsp3) is 0.267. The van der Waals surface area contributed by atoms with Crippen molar-refractivity contribution < 1.29 is 19.1 Å². The average Bonchev–Trinajstić information content (AvgIpc) is 2.42. The number of nitrogens with two attached hydrogens (primary N) is 2. The smallest absolute Gasteiger partial charge is 0.356 e. The van der Waals surface area contributed by atoms with Crippen molar-refractivity contribution in [3.63, 3.8) is 0 Å². The molecule has 0 radical (unpaired) electrons. The Morgan fingerprint density at radius 1 is 1.14 bits per heavy atom. The van der Waals surface area contributed by atoms with Crippen molar-refractivity contribution in [2.24, 2.45) is 11.5 Å².